The molecule has 2 aromatic carbocycles. The fourth-order valence-electron chi connectivity index (χ4n) is 7.46. The first-order valence-electron chi connectivity index (χ1n) is 14.9. The normalized spacial score (nSPS) is 24.0. The second kappa shape index (κ2) is 11.5. The SMILES string of the molecule is O=C(O)[C@@H]1CCN(C(=O)N2CC[C@@H](Cn3cnc(-c4ccccc4)cc3=O)C3(CCCC3)C2)[C@H](c2ccccc2)C1. The number of carboxylic acids is 1. The molecule has 6 rings (SSSR count). The van der Waals surface area contributed by atoms with Crippen molar-refractivity contribution >= 4 is 12.0 Å². The molecule has 3 heterocycles. The third-order valence-corrected chi connectivity index (χ3v) is 9.74. The first-order chi connectivity index (χ1) is 19.9. The second-order valence-corrected chi connectivity index (χ2v) is 12.1. The molecule has 3 atom stereocenters. The van der Waals surface area contributed by atoms with Crippen molar-refractivity contribution in [3.63, 3.8) is 0 Å². The van der Waals surface area contributed by atoms with Gasteiger partial charge in [-0.05, 0) is 49.0 Å². The number of carbonyl (C=O) groups excluding carboxylic acids is 1. The van der Waals surface area contributed by atoms with Crippen LogP contribution in [0.3, 0.4) is 0 Å². The number of hydrogen-bond donors (Lipinski definition) is 1. The molecule has 3 aromatic rings. The van der Waals surface area contributed by atoms with Crippen molar-refractivity contribution in [3.8, 4) is 11.3 Å². The Labute approximate surface area is 240 Å². The van der Waals surface area contributed by atoms with E-state index >= 15 is 0 Å². The van der Waals surface area contributed by atoms with Gasteiger partial charge in [0, 0.05) is 37.8 Å². The van der Waals surface area contributed by atoms with Gasteiger partial charge < -0.3 is 14.9 Å². The lowest BCUT2D eigenvalue weighted by atomic mass is 9.69. The fraction of sp³-hybridized carbons (Fsp3) is 0.455. The van der Waals surface area contributed by atoms with Crippen molar-refractivity contribution in [2.75, 3.05) is 19.6 Å². The zero-order chi connectivity index (χ0) is 28.4. The van der Waals surface area contributed by atoms with E-state index in [2.05, 4.69) is 4.98 Å². The summed E-state index contributed by atoms with van der Waals surface area (Å²) in [6.07, 6.45) is 7.79. The van der Waals surface area contributed by atoms with Crippen molar-refractivity contribution < 1.29 is 14.7 Å². The minimum absolute atomic E-state index is 0.0125. The molecule has 41 heavy (non-hydrogen) atoms. The van der Waals surface area contributed by atoms with Crippen LogP contribution in [0.5, 0.6) is 0 Å². The molecule has 0 bridgehead atoms. The number of aliphatic carboxylic acids is 1. The van der Waals surface area contributed by atoms with Gasteiger partial charge in [0.15, 0.2) is 0 Å². The van der Waals surface area contributed by atoms with Gasteiger partial charge in [-0.1, -0.05) is 73.5 Å². The molecule has 214 valence electrons. The molecule has 1 aromatic heterocycles. The van der Waals surface area contributed by atoms with Gasteiger partial charge in [-0.15, -0.1) is 0 Å². The molecular weight excluding hydrogens is 516 g/mol. The Balaban J connectivity index is 1.20. The van der Waals surface area contributed by atoms with E-state index in [4.69, 9.17) is 0 Å². The Morgan fingerprint density at radius 1 is 0.951 bits per heavy atom. The van der Waals surface area contributed by atoms with Crippen molar-refractivity contribution in [3.05, 3.63) is 89.0 Å². The summed E-state index contributed by atoms with van der Waals surface area (Å²) < 4.78 is 1.75. The lowest BCUT2D eigenvalue weighted by Crippen LogP contribution is -2.56. The Kier molecular flexibility index (Phi) is 7.65. The summed E-state index contributed by atoms with van der Waals surface area (Å²) in [6, 6.07) is 21.0. The lowest BCUT2D eigenvalue weighted by molar-refractivity contribution is -0.143. The van der Waals surface area contributed by atoms with Gasteiger partial charge >= 0.3 is 12.0 Å². The van der Waals surface area contributed by atoms with E-state index < -0.39 is 11.9 Å². The molecular formula is C33H38N4O4. The Morgan fingerprint density at radius 3 is 2.34 bits per heavy atom. The smallest absolute Gasteiger partial charge is 0.320 e. The molecule has 2 aliphatic heterocycles. The van der Waals surface area contributed by atoms with Crippen LogP contribution in [-0.4, -0.2) is 56.1 Å². The van der Waals surface area contributed by atoms with Gasteiger partial charge in [0.05, 0.1) is 24.0 Å². The monoisotopic (exact) mass is 554 g/mol. The summed E-state index contributed by atoms with van der Waals surface area (Å²) in [5.41, 5.74) is 2.53. The van der Waals surface area contributed by atoms with Crippen LogP contribution in [0.1, 0.15) is 56.6 Å². The molecule has 0 radical (unpaired) electrons. The number of carboxylic acid groups (broad SMARTS) is 1. The van der Waals surface area contributed by atoms with Crippen LogP contribution < -0.4 is 5.56 Å². The number of benzene rings is 2. The van der Waals surface area contributed by atoms with Crippen molar-refractivity contribution in [2.45, 2.75) is 57.5 Å². The summed E-state index contributed by atoms with van der Waals surface area (Å²) in [5, 5.41) is 9.72. The van der Waals surface area contributed by atoms with Crippen LogP contribution in [0, 0.1) is 17.3 Å². The first-order valence-corrected chi connectivity index (χ1v) is 14.9. The van der Waals surface area contributed by atoms with Crippen LogP contribution in [-0.2, 0) is 11.3 Å². The molecule has 2 amide bonds. The molecule has 3 aliphatic rings. The highest BCUT2D eigenvalue weighted by Gasteiger charge is 2.48. The van der Waals surface area contributed by atoms with E-state index in [1.807, 2.05) is 70.5 Å². The van der Waals surface area contributed by atoms with Crippen LogP contribution in [0.15, 0.2) is 77.9 Å². The highest BCUT2D eigenvalue weighted by atomic mass is 16.4. The van der Waals surface area contributed by atoms with E-state index in [1.54, 1.807) is 17.0 Å². The minimum Gasteiger partial charge on any atom is -0.481 e. The summed E-state index contributed by atoms with van der Waals surface area (Å²) >= 11 is 0. The van der Waals surface area contributed by atoms with Crippen molar-refractivity contribution in [1.82, 2.24) is 19.4 Å². The molecule has 8 nitrogen and oxygen atoms in total. The molecule has 8 heteroatoms. The van der Waals surface area contributed by atoms with E-state index in [-0.39, 0.29) is 23.0 Å². The maximum absolute atomic E-state index is 14.1. The number of urea groups is 1. The first kappa shape index (κ1) is 27.2. The zero-order valence-electron chi connectivity index (χ0n) is 23.4. The lowest BCUT2D eigenvalue weighted by Gasteiger charge is -2.49. The average molecular weight is 555 g/mol. The fourth-order valence-corrected chi connectivity index (χ4v) is 7.46. The molecule has 3 fully saturated rings. The Bertz CT molecular complexity index is 1430. The van der Waals surface area contributed by atoms with Crippen LogP contribution in [0.25, 0.3) is 11.3 Å². The number of hydrogen-bond acceptors (Lipinski definition) is 4. The van der Waals surface area contributed by atoms with Gasteiger partial charge in [0.2, 0.25) is 0 Å². The Morgan fingerprint density at radius 2 is 1.66 bits per heavy atom. The molecule has 0 unspecified atom stereocenters. The molecule has 1 aliphatic carbocycles. The number of amides is 2. The van der Waals surface area contributed by atoms with Gasteiger partial charge in [0.1, 0.15) is 0 Å². The highest BCUT2D eigenvalue weighted by molar-refractivity contribution is 5.76. The third kappa shape index (κ3) is 5.52. The van der Waals surface area contributed by atoms with E-state index in [1.165, 1.54) is 0 Å². The predicted octanol–water partition coefficient (Wildman–Crippen LogP) is 5.45. The number of piperidine rings is 2. The number of nitrogens with zero attached hydrogens (tertiary/aromatic N) is 4. The van der Waals surface area contributed by atoms with Crippen molar-refractivity contribution in [1.29, 1.82) is 0 Å². The third-order valence-electron chi connectivity index (χ3n) is 9.74. The summed E-state index contributed by atoms with van der Waals surface area (Å²) in [4.78, 5) is 47.6. The summed E-state index contributed by atoms with van der Waals surface area (Å²) in [6.45, 7) is 2.37. The number of aromatic nitrogens is 2. The van der Waals surface area contributed by atoms with Gasteiger partial charge in [-0.2, -0.15) is 0 Å². The molecule has 1 saturated carbocycles. The summed E-state index contributed by atoms with van der Waals surface area (Å²) in [5.74, 6) is -0.944. The Hall–Kier alpha value is -3.94. The molecule has 1 spiro atoms. The van der Waals surface area contributed by atoms with Crippen LogP contribution >= 0.6 is 0 Å². The van der Waals surface area contributed by atoms with E-state index in [0.29, 0.717) is 50.6 Å². The number of carbonyl (C=O) groups is 2. The van der Waals surface area contributed by atoms with Gasteiger partial charge in [0.25, 0.3) is 5.56 Å². The number of likely N-dealkylation sites (tertiary alicyclic amines) is 2. The standard InChI is InChI=1S/C33H38N4O4/c38-30-20-28(24-9-3-1-4-10-24)34-23-36(30)21-27-14-17-35(22-33(27)15-7-8-16-33)32(41)37-18-13-26(31(39)40)19-29(37)25-11-5-2-6-12-25/h1-6,9-12,20,23,26-27,29H,7-8,13-19,21-22H2,(H,39,40)/t26-,27+,29+/m1/s1. The second-order valence-electron chi connectivity index (χ2n) is 12.1. The minimum atomic E-state index is -0.787. The van der Waals surface area contributed by atoms with E-state index in [9.17, 15) is 19.5 Å². The van der Waals surface area contributed by atoms with Gasteiger partial charge in [-0.3, -0.25) is 14.2 Å². The zero-order valence-corrected chi connectivity index (χ0v) is 23.4. The topological polar surface area (TPSA) is 95.7 Å². The van der Waals surface area contributed by atoms with Gasteiger partial charge in [-0.25, -0.2) is 9.78 Å². The predicted molar refractivity (Wildman–Crippen MR) is 156 cm³/mol. The van der Waals surface area contributed by atoms with Crippen LogP contribution in [0.2, 0.25) is 0 Å². The largest absolute Gasteiger partial charge is 0.481 e. The van der Waals surface area contributed by atoms with Crippen molar-refractivity contribution in [2.24, 2.45) is 17.3 Å². The molecule has 1 N–H and O–H groups in total. The maximum atomic E-state index is 14.1. The molecule has 2 saturated heterocycles. The van der Waals surface area contributed by atoms with Crippen LogP contribution in [0.4, 0.5) is 4.79 Å². The summed E-state index contributed by atoms with van der Waals surface area (Å²) in [7, 11) is 0. The number of rotatable bonds is 5. The van der Waals surface area contributed by atoms with E-state index in [0.717, 1.165) is 43.2 Å². The maximum Gasteiger partial charge on any atom is 0.320 e. The average Bonchev–Trinajstić information content (AvgIpc) is 3.48. The highest BCUT2D eigenvalue weighted by Crippen LogP contribution is 2.49. The quantitative estimate of drug-likeness (QED) is 0.453.